The molecule has 0 spiro atoms. The number of aryl methyl sites for hydroxylation is 1. The number of benzene rings is 1. The minimum Gasteiger partial charge on any atom is -0.353 e. The van der Waals surface area contributed by atoms with Crippen molar-refractivity contribution in [2.24, 2.45) is 0 Å². The van der Waals surface area contributed by atoms with E-state index in [0.29, 0.717) is 48.0 Å². The van der Waals surface area contributed by atoms with Crippen molar-refractivity contribution in [3.05, 3.63) is 56.6 Å². The van der Waals surface area contributed by atoms with Gasteiger partial charge < -0.3 is 15.1 Å². The first-order valence-corrected chi connectivity index (χ1v) is 17.8. The number of piperidine rings is 1. The van der Waals surface area contributed by atoms with Crippen molar-refractivity contribution >= 4 is 66.6 Å². The van der Waals surface area contributed by atoms with Crippen LogP contribution in [-0.4, -0.2) is 88.4 Å². The van der Waals surface area contributed by atoms with Gasteiger partial charge in [-0.3, -0.25) is 14.4 Å². The van der Waals surface area contributed by atoms with Crippen LogP contribution in [0.25, 0.3) is 6.08 Å². The second-order valence-electron chi connectivity index (χ2n) is 10.3. The smallest absolute Gasteiger partial charge is 0.242 e. The molecule has 2 aliphatic heterocycles. The van der Waals surface area contributed by atoms with Crippen molar-refractivity contribution in [2.75, 3.05) is 31.9 Å². The van der Waals surface area contributed by atoms with Crippen LogP contribution in [0.3, 0.4) is 0 Å². The van der Waals surface area contributed by atoms with E-state index in [1.54, 1.807) is 29.2 Å². The molecule has 11 nitrogen and oxygen atoms in total. The lowest BCUT2D eigenvalue weighted by molar-refractivity contribution is -0.143. The number of rotatable bonds is 11. The fraction of sp³-hybridized carbons (Fsp3) is 0.444. The van der Waals surface area contributed by atoms with Crippen LogP contribution >= 0.6 is 22.9 Å². The minimum absolute atomic E-state index is 0.0659. The number of halogens is 1. The van der Waals surface area contributed by atoms with Crippen LogP contribution in [0, 0.1) is 6.92 Å². The SMILES string of the molecule is Cc1ccc(S(=O)(=O)CC(=O)NC[C@H]2CCCN2C(=O)CN2CCC[C@H](NS(=O)(=O)/C=C/c3ccc(Cl)s3)C2=O)cc1. The standard InChI is InChI=1S/C27H33ClN4O7S3/c1-19-6-9-22(10-7-19)41(36,37)18-25(33)29-16-20-4-2-14-32(20)26(34)17-31-13-3-5-23(27(31)35)30-42(38,39)15-12-21-8-11-24(28)40-21/h6-12,15,20,23,30H,2-5,13-14,16-18H2,1H3,(H,29,33)/b15-12+/t20-,23+/m1/s1. The van der Waals surface area contributed by atoms with Crippen LogP contribution in [-0.2, 0) is 34.2 Å². The van der Waals surface area contributed by atoms with Gasteiger partial charge in [-0.05, 0) is 62.9 Å². The first-order valence-electron chi connectivity index (χ1n) is 13.4. The van der Waals surface area contributed by atoms with E-state index in [0.717, 1.165) is 11.0 Å². The lowest BCUT2D eigenvalue weighted by atomic mass is 10.1. The van der Waals surface area contributed by atoms with Crippen molar-refractivity contribution in [3.63, 3.8) is 0 Å². The number of thiophene rings is 1. The fourth-order valence-electron chi connectivity index (χ4n) is 4.93. The number of hydrogen-bond acceptors (Lipinski definition) is 8. The Kier molecular flexibility index (Phi) is 10.5. The third-order valence-electron chi connectivity index (χ3n) is 7.10. The average Bonchev–Trinajstić information content (AvgIpc) is 3.57. The molecule has 228 valence electrons. The van der Waals surface area contributed by atoms with Crippen molar-refractivity contribution in [3.8, 4) is 0 Å². The first kappa shape index (κ1) is 32.1. The molecule has 0 radical (unpaired) electrons. The van der Waals surface area contributed by atoms with Gasteiger partial charge in [0.1, 0.15) is 11.8 Å². The predicted octanol–water partition coefficient (Wildman–Crippen LogP) is 2.17. The van der Waals surface area contributed by atoms with E-state index < -0.39 is 43.5 Å². The van der Waals surface area contributed by atoms with Gasteiger partial charge in [-0.15, -0.1) is 11.3 Å². The van der Waals surface area contributed by atoms with Crippen LogP contribution in [0.2, 0.25) is 4.34 Å². The summed E-state index contributed by atoms with van der Waals surface area (Å²) in [4.78, 5) is 42.4. The molecule has 0 bridgehead atoms. The van der Waals surface area contributed by atoms with Gasteiger partial charge in [0, 0.05) is 36.0 Å². The van der Waals surface area contributed by atoms with Gasteiger partial charge in [0.05, 0.1) is 15.8 Å². The summed E-state index contributed by atoms with van der Waals surface area (Å²) in [5, 5.41) is 3.62. The zero-order valence-electron chi connectivity index (χ0n) is 23.0. The summed E-state index contributed by atoms with van der Waals surface area (Å²) in [5.74, 6) is -2.15. The highest BCUT2D eigenvalue weighted by Crippen LogP contribution is 2.23. The molecule has 2 aliphatic rings. The maximum Gasteiger partial charge on any atom is 0.242 e. The molecule has 3 amide bonds. The number of carbonyl (C=O) groups excluding carboxylic acids is 3. The van der Waals surface area contributed by atoms with Gasteiger partial charge in [-0.2, -0.15) is 4.72 Å². The average molecular weight is 657 g/mol. The molecule has 42 heavy (non-hydrogen) atoms. The topological polar surface area (TPSA) is 150 Å². The number of hydrogen-bond donors (Lipinski definition) is 2. The number of likely N-dealkylation sites (tertiary alicyclic amines) is 2. The zero-order chi connectivity index (χ0) is 30.5. The number of sulfonamides is 1. The van der Waals surface area contributed by atoms with Gasteiger partial charge in [-0.25, -0.2) is 16.8 Å². The highest BCUT2D eigenvalue weighted by Gasteiger charge is 2.35. The summed E-state index contributed by atoms with van der Waals surface area (Å²) in [6, 6.07) is 8.26. The largest absolute Gasteiger partial charge is 0.353 e. The van der Waals surface area contributed by atoms with Gasteiger partial charge in [0.25, 0.3) is 0 Å². The Balaban J connectivity index is 1.29. The number of nitrogens with one attached hydrogen (secondary N) is 2. The molecule has 0 aliphatic carbocycles. The number of amides is 3. The van der Waals surface area contributed by atoms with Crippen LogP contribution in [0.4, 0.5) is 0 Å². The Morgan fingerprint density at radius 1 is 1.05 bits per heavy atom. The van der Waals surface area contributed by atoms with Crippen LogP contribution in [0.15, 0.2) is 46.7 Å². The molecule has 1 aromatic heterocycles. The van der Waals surface area contributed by atoms with Crippen LogP contribution in [0.1, 0.15) is 36.1 Å². The molecule has 0 saturated carbocycles. The monoisotopic (exact) mass is 656 g/mol. The van der Waals surface area contributed by atoms with E-state index in [1.165, 1.54) is 34.4 Å². The highest BCUT2D eigenvalue weighted by molar-refractivity contribution is 7.92. The maximum atomic E-state index is 13.2. The Bertz CT molecular complexity index is 1560. The van der Waals surface area contributed by atoms with E-state index in [2.05, 4.69) is 10.0 Å². The van der Waals surface area contributed by atoms with Crippen LogP contribution < -0.4 is 10.0 Å². The van der Waals surface area contributed by atoms with E-state index >= 15 is 0 Å². The molecule has 15 heteroatoms. The lowest BCUT2D eigenvalue weighted by Crippen LogP contribution is -2.55. The first-order chi connectivity index (χ1) is 19.8. The second kappa shape index (κ2) is 13.7. The van der Waals surface area contributed by atoms with Gasteiger partial charge >= 0.3 is 0 Å². The number of carbonyl (C=O) groups is 3. The molecule has 2 atom stereocenters. The molecule has 1 aromatic carbocycles. The highest BCUT2D eigenvalue weighted by atomic mass is 35.5. The van der Waals surface area contributed by atoms with Gasteiger partial charge in [-0.1, -0.05) is 29.3 Å². The third-order valence-corrected chi connectivity index (χ3v) is 11.0. The summed E-state index contributed by atoms with van der Waals surface area (Å²) in [5.41, 5.74) is 0.903. The predicted molar refractivity (Wildman–Crippen MR) is 161 cm³/mol. The quantitative estimate of drug-likeness (QED) is 0.376. The Labute approximate surface area is 254 Å². The zero-order valence-corrected chi connectivity index (χ0v) is 26.2. The lowest BCUT2D eigenvalue weighted by Gasteiger charge is -2.34. The number of sulfone groups is 1. The Hall–Kier alpha value is -2.78. The van der Waals surface area contributed by atoms with Gasteiger partial charge in [0.2, 0.25) is 27.7 Å². The van der Waals surface area contributed by atoms with E-state index in [4.69, 9.17) is 11.6 Å². The third kappa shape index (κ3) is 8.63. The van der Waals surface area contributed by atoms with Crippen molar-refractivity contribution in [1.29, 1.82) is 0 Å². The van der Waals surface area contributed by atoms with E-state index in [9.17, 15) is 31.2 Å². The molecule has 2 aromatic rings. The molecule has 2 fully saturated rings. The maximum absolute atomic E-state index is 13.2. The summed E-state index contributed by atoms with van der Waals surface area (Å²) in [6.45, 7) is 2.47. The molecular formula is C27H33ClN4O7S3. The Morgan fingerprint density at radius 2 is 1.76 bits per heavy atom. The summed E-state index contributed by atoms with van der Waals surface area (Å²) in [6.07, 6.45) is 3.55. The minimum atomic E-state index is -3.92. The summed E-state index contributed by atoms with van der Waals surface area (Å²) >= 11 is 7.10. The van der Waals surface area contributed by atoms with Gasteiger partial charge in [0.15, 0.2) is 9.84 Å². The summed E-state index contributed by atoms with van der Waals surface area (Å²) < 4.78 is 53.2. The molecular weight excluding hydrogens is 624 g/mol. The van der Waals surface area contributed by atoms with Crippen molar-refractivity contribution < 1.29 is 31.2 Å². The molecule has 2 saturated heterocycles. The fourth-order valence-corrected chi connectivity index (χ4v) is 8.17. The van der Waals surface area contributed by atoms with Crippen LogP contribution in [0.5, 0.6) is 0 Å². The van der Waals surface area contributed by atoms with E-state index in [1.807, 2.05) is 6.92 Å². The van der Waals surface area contributed by atoms with Crippen molar-refractivity contribution in [1.82, 2.24) is 19.8 Å². The van der Waals surface area contributed by atoms with E-state index in [-0.39, 0.29) is 29.9 Å². The molecule has 0 unspecified atom stereocenters. The van der Waals surface area contributed by atoms with Crippen molar-refractivity contribution in [2.45, 2.75) is 49.6 Å². The normalized spacial score (nSPS) is 19.9. The number of nitrogens with zero attached hydrogens (tertiary/aromatic N) is 2. The Morgan fingerprint density at radius 3 is 2.45 bits per heavy atom. The molecule has 2 N–H and O–H groups in total. The molecule has 3 heterocycles. The molecule has 4 rings (SSSR count). The second-order valence-corrected chi connectivity index (χ2v) is 15.7. The summed E-state index contributed by atoms with van der Waals surface area (Å²) in [7, 11) is -7.73.